The highest BCUT2D eigenvalue weighted by Crippen LogP contribution is 2.76. The third kappa shape index (κ3) is 0.883. The number of Topliss-reactive ketones (excluding diaryl/α,β-unsaturated/α-hetero) is 1. The van der Waals surface area contributed by atoms with Crippen LogP contribution in [0.2, 0.25) is 0 Å². The molecule has 4 atom stereocenters. The molecule has 3 saturated carbocycles. The van der Waals surface area contributed by atoms with E-state index in [1.807, 2.05) is 0 Å². The second-order valence-corrected chi connectivity index (χ2v) is 7.12. The van der Waals surface area contributed by atoms with E-state index in [1.54, 1.807) is 0 Å². The monoisotopic (exact) mass is 222 g/mol. The van der Waals surface area contributed by atoms with Crippen molar-refractivity contribution in [3.05, 3.63) is 0 Å². The molecule has 0 radical (unpaired) electrons. The highest BCUT2D eigenvalue weighted by molar-refractivity contribution is 5.89. The molecule has 3 rings (SSSR count). The molecule has 0 aromatic heterocycles. The molecule has 3 fully saturated rings. The Bertz CT molecular complexity index is 360. The van der Waals surface area contributed by atoms with Gasteiger partial charge in [0.15, 0.2) is 0 Å². The molecule has 1 spiro atoms. The fourth-order valence-electron chi connectivity index (χ4n) is 5.29. The van der Waals surface area contributed by atoms with E-state index in [9.17, 15) is 9.90 Å². The first-order chi connectivity index (χ1) is 7.34. The van der Waals surface area contributed by atoms with E-state index in [1.165, 1.54) is 0 Å². The van der Waals surface area contributed by atoms with E-state index >= 15 is 0 Å². The van der Waals surface area contributed by atoms with Gasteiger partial charge in [-0.25, -0.2) is 0 Å². The molecule has 1 N–H and O–H groups in total. The van der Waals surface area contributed by atoms with Crippen LogP contribution in [0.15, 0.2) is 0 Å². The minimum absolute atomic E-state index is 0.122. The van der Waals surface area contributed by atoms with Gasteiger partial charge in [0.1, 0.15) is 5.78 Å². The summed E-state index contributed by atoms with van der Waals surface area (Å²) in [5.41, 5.74) is 0.0289. The Balaban J connectivity index is 2.08. The lowest BCUT2D eigenvalue weighted by molar-refractivity contribution is -0.199. The van der Waals surface area contributed by atoms with Crippen molar-refractivity contribution in [3.8, 4) is 0 Å². The number of aliphatic hydroxyl groups excluding tert-OH is 1. The van der Waals surface area contributed by atoms with Crippen molar-refractivity contribution in [2.45, 2.75) is 59.0 Å². The Morgan fingerprint density at radius 1 is 1.25 bits per heavy atom. The number of hydrogen-bond acceptors (Lipinski definition) is 2. The molecule has 3 aliphatic rings. The van der Waals surface area contributed by atoms with Crippen LogP contribution in [0, 0.1) is 22.2 Å². The zero-order chi connectivity index (χ0) is 11.8. The van der Waals surface area contributed by atoms with Crippen molar-refractivity contribution in [2.75, 3.05) is 0 Å². The molecule has 0 bridgehead atoms. The number of carbonyl (C=O) groups is 1. The first-order valence-corrected chi connectivity index (χ1v) is 6.56. The maximum absolute atomic E-state index is 12.4. The summed E-state index contributed by atoms with van der Waals surface area (Å²) in [6, 6.07) is 0. The summed E-state index contributed by atoms with van der Waals surface area (Å²) in [4.78, 5) is 12.4. The predicted octanol–water partition coefficient (Wildman–Crippen LogP) is 2.54. The highest BCUT2D eigenvalue weighted by atomic mass is 16.3. The van der Waals surface area contributed by atoms with Gasteiger partial charge in [-0.3, -0.25) is 4.79 Å². The average Bonchev–Trinajstić information content (AvgIpc) is 2.45. The quantitative estimate of drug-likeness (QED) is 0.684. The fourth-order valence-corrected chi connectivity index (χ4v) is 5.29. The summed E-state index contributed by atoms with van der Waals surface area (Å²) in [6.07, 6.45) is 4.19. The van der Waals surface area contributed by atoms with Crippen LogP contribution in [0.5, 0.6) is 0 Å². The van der Waals surface area contributed by atoms with Crippen LogP contribution in [0.3, 0.4) is 0 Å². The fraction of sp³-hybridized carbons (Fsp3) is 0.929. The Morgan fingerprint density at radius 3 is 2.56 bits per heavy atom. The highest BCUT2D eigenvalue weighted by Gasteiger charge is 2.74. The van der Waals surface area contributed by atoms with E-state index in [4.69, 9.17) is 0 Å². The molecule has 0 unspecified atom stereocenters. The maximum atomic E-state index is 12.4. The molecule has 0 aliphatic heterocycles. The van der Waals surface area contributed by atoms with Crippen LogP contribution >= 0.6 is 0 Å². The van der Waals surface area contributed by atoms with Crippen molar-refractivity contribution in [1.29, 1.82) is 0 Å². The molecule has 0 heterocycles. The van der Waals surface area contributed by atoms with Crippen molar-refractivity contribution < 1.29 is 9.90 Å². The van der Waals surface area contributed by atoms with Crippen LogP contribution < -0.4 is 0 Å². The zero-order valence-corrected chi connectivity index (χ0v) is 10.5. The molecule has 0 aromatic carbocycles. The summed E-state index contributed by atoms with van der Waals surface area (Å²) >= 11 is 0. The zero-order valence-electron chi connectivity index (χ0n) is 10.5. The van der Waals surface area contributed by atoms with Crippen LogP contribution in [0.4, 0.5) is 0 Å². The second kappa shape index (κ2) is 2.72. The van der Waals surface area contributed by atoms with Crippen LogP contribution in [0.1, 0.15) is 52.9 Å². The van der Waals surface area contributed by atoms with Crippen LogP contribution in [0.25, 0.3) is 0 Å². The van der Waals surface area contributed by atoms with Gasteiger partial charge in [-0.05, 0) is 37.0 Å². The molecular weight excluding hydrogens is 200 g/mol. The molecule has 2 nitrogen and oxygen atoms in total. The summed E-state index contributed by atoms with van der Waals surface area (Å²) in [5.74, 6) is 0.967. The average molecular weight is 222 g/mol. The molecule has 0 saturated heterocycles. The largest absolute Gasteiger partial charge is 0.393 e. The minimum atomic E-state index is -0.258. The SMILES string of the molecule is CC1(C)C[C@@]23C(=O)CC[C@@H](O)[C@@]2(C)CC[C@@H]13. The molecule has 90 valence electrons. The van der Waals surface area contributed by atoms with Crippen molar-refractivity contribution in [3.63, 3.8) is 0 Å². The molecule has 3 aliphatic carbocycles. The van der Waals surface area contributed by atoms with Gasteiger partial charge in [0.2, 0.25) is 0 Å². The topological polar surface area (TPSA) is 37.3 Å². The van der Waals surface area contributed by atoms with Gasteiger partial charge in [0, 0.05) is 17.3 Å². The van der Waals surface area contributed by atoms with Crippen molar-refractivity contribution >= 4 is 5.78 Å². The third-order valence-corrected chi connectivity index (χ3v) is 6.12. The summed E-state index contributed by atoms with van der Waals surface area (Å²) < 4.78 is 0. The summed E-state index contributed by atoms with van der Waals surface area (Å²) in [7, 11) is 0. The summed E-state index contributed by atoms with van der Waals surface area (Å²) in [6.45, 7) is 6.72. The number of carbonyl (C=O) groups excluding carboxylic acids is 1. The van der Waals surface area contributed by atoms with E-state index < -0.39 is 0 Å². The maximum Gasteiger partial charge on any atom is 0.140 e. The molecule has 16 heavy (non-hydrogen) atoms. The summed E-state index contributed by atoms with van der Waals surface area (Å²) in [5, 5.41) is 10.3. The van der Waals surface area contributed by atoms with E-state index in [-0.39, 0.29) is 16.9 Å². The van der Waals surface area contributed by atoms with Crippen molar-refractivity contribution in [2.24, 2.45) is 22.2 Å². The van der Waals surface area contributed by atoms with Crippen LogP contribution in [-0.2, 0) is 4.79 Å². The molecule has 2 heteroatoms. The van der Waals surface area contributed by atoms with Gasteiger partial charge in [0.25, 0.3) is 0 Å². The lowest BCUT2D eigenvalue weighted by atomic mass is 9.38. The first-order valence-electron chi connectivity index (χ1n) is 6.56. The molecular formula is C14H22O2. The Morgan fingerprint density at radius 2 is 1.94 bits per heavy atom. The van der Waals surface area contributed by atoms with Crippen LogP contribution in [-0.4, -0.2) is 17.0 Å². The molecule has 0 aromatic rings. The normalized spacial score (nSPS) is 54.1. The number of aliphatic hydroxyl groups is 1. The van der Waals surface area contributed by atoms with Gasteiger partial charge in [-0.1, -0.05) is 20.8 Å². The van der Waals surface area contributed by atoms with Gasteiger partial charge in [-0.15, -0.1) is 0 Å². The van der Waals surface area contributed by atoms with Gasteiger partial charge >= 0.3 is 0 Å². The Labute approximate surface area is 97.4 Å². The number of rotatable bonds is 0. The minimum Gasteiger partial charge on any atom is -0.393 e. The third-order valence-electron chi connectivity index (χ3n) is 6.12. The second-order valence-electron chi connectivity index (χ2n) is 7.12. The first kappa shape index (κ1) is 10.8. The Hall–Kier alpha value is -0.370. The number of ketones is 1. The number of hydrogen-bond donors (Lipinski definition) is 1. The standard InChI is InChI=1S/C14H22O2/c1-12(2)8-14-9(12)6-7-13(14,3)10(15)4-5-11(14)16/h9-10,15H,4-8H2,1-3H3/t9-,10+,13+,14+/m0/s1. The van der Waals surface area contributed by atoms with Crippen molar-refractivity contribution in [1.82, 2.24) is 0 Å². The van der Waals surface area contributed by atoms with Gasteiger partial charge in [-0.2, -0.15) is 0 Å². The van der Waals surface area contributed by atoms with E-state index in [2.05, 4.69) is 20.8 Å². The smallest absolute Gasteiger partial charge is 0.140 e. The Kier molecular flexibility index (Phi) is 1.83. The lowest BCUT2D eigenvalue weighted by Gasteiger charge is -2.64. The molecule has 0 amide bonds. The van der Waals surface area contributed by atoms with Gasteiger partial charge < -0.3 is 5.11 Å². The van der Waals surface area contributed by atoms with E-state index in [0.717, 1.165) is 19.3 Å². The predicted molar refractivity (Wildman–Crippen MR) is 61.9 cm³/mol. The van der Waals surface area contributed by atoms with Gasteiger partial charge in [0.05, 0.1) is 6.10 Å². The van der Waals surface area contributed by atoms with E-state index in [0.29, 0.717) is 30.0 Å². The lowest BCUT2D eigenvalue weighted by Crippen LogP contribution is -2.65.